The first-order valence-electron chi connectivity index (χ1n) is 6.79. The Morgan fingerprint density at radius 3 is 2.60 bits per heavy atom. The van der Waals surface area contributed by atoms with Crippen LogP contribution in [0, 0.1) is 5.92 Å². The molecule has 1 heterocycles. The molecular formula is C14H22N2O4. The predicted octanol–water partition coefficient (Wildman–Crippen LogP) is 2.21. The third-order valence-corrected chi connectivity index (χ3v) is 2.94. The van der Waals surface area contributed by atoms with E-state index in [-0.39, 0.29) is 12.3 Å². The Labute approximate surface area is 119 Å². The SMILES string of the molecule is CCOC(=O)c1ccnn1C(CCC(C)C)C(=O)OC. The smallest absolute Gasteiger partial charge is 0.356 e. The average molecular weight is 282 g/mol. The molecule has 0 saturated carbocycles. The summed E-state index contributed by atoms with van der Waals surface area (Å²) in [5.41, 5.74) is 0.269. The monoisotopic (exact) mass is 282 g/mol. The van der Waals surface area contributed by atoms with E-state index >= 15 is 0 Å². The number of hydrogen-bond acceptors (Lipinski definition) is 5. The number of hydrogen-bond donors (Lipinski definition) is 0. The minimum Gasteiger partial charge on any atom is -0.467 e. The zero-order chi connectivity index (χ0) is 15.1. The third-order valence-electron chi connectivity index (χ3n) is 2.94. The summed E-state index contributed by atoms with van der Waals surface area (Å²) in [6.45, 7) is 6.15. The van der Waals surface area contributed by atoms with Crippen LogP contribution in [0.1, 0.15) is 50.1 Å². The summed E-state index contributed by atoms with van der Waals surface area (Å²) in [6.07, 6.45) is 2.89. The van der Waals surface area contributed by atoms with E-state index in [9.17, 15) is 9.59 Å². The Morgan fingerprint density at radius 1 is 1.35 bits per heavy atom. The largest absolute Gasteiger partial charge is 0.467 e. The predicted molar refractivity (Wildman–Crippen MR) is 73.3 cm³/mol. The fourth-order valence-corrected chi connectivity index (χ4v) is 1.90. The Balaban J connectivity index is 2.99. The molecule has 0 aliphatic carbocycles. The van der Waals surface area contributed by atoms with Gasteiger partial charge in [-0.15, -0.1) is 0 Å². The van der Waals surface area contributed by atoms with Crippen LogP contribution in [0.2, 0.25) is 0 Å². The molecule has 1 rings (SSSR count). The molecule has 1 aromatic rings. The fraction of sp³-hybridized carbons (Fsp3) is 0.643. The molecule has 112 valence electrons. The van der Waals surface area contributed by atoms with Gasteiger partial charge in [0.1, 0.15) is 5.69 Å². The lowest BCUT2D eigenvalue weighted by Gasteiger charge is -2.18. The Bertz CT molecular complexity index is 454. The Kier molecular flexibility index (Phi) is 6.21. The minimum absolute atomic E-state index is 0.269. The number of carbonyl (C=O) groups is 2. The van der Waals surface area contributed by atoms with Gasteiger partial charge in [0.2, 0.25) is 0 Å². The van der Waals surface area contributed by atoms with Gasteiger partial charge in [-0.1, -0.05) is 13.8 Å². The van der Waals surface area contributed by atoms with Crippen LogP contribution >= 0.6 is 0 Å². The van der Waals surface area contributed by atoms with E-state index in [0.29, 0.717) is 12.3 Å². The van der Waals surface area contributed by atoms with Crippen molar-refractivity contribution in [3.8, 4) is 0 Å². The summed E-state index contributed by atoms with van der Waals surface area (Å²) in [5, 5.41) is 4.08. The van der Waals surface area contributed by atoms with E-state index in [1.165, 1.54) is 18.0 Å². The van der Waals surface area contributed by atoms with Crippen LogP contribution < -0.4 is 0 Å². The number of ether oxygens (including phenoxy) is 2. The number of nitrogens with zero attached hydrogens (tertiary/aromatic N) is 2. The van der Waals surface area contributed by atoms with Crippen LogP contribution in [0.25, 0.3) is 0 Å². The van der Waals surface area contributed by atoms with Crippen molar-refractivity contribution in [3.05, 3.63) is 18.0 Å². The van der Waals surface area contributed by atoms with Crippen LogP contribution in [0.15, 0.2) is 12.3 Å². The second-order valence-corrected chi connectivity index (χ2v) is 4.89. The highest BCUT2D eigenvalue weighted by Gasteiger charge is 2.27. The molecule has 0 saturated heterocycles. The summed E-state index contributed by atoms with van der Waals surface area (Å²) in [7, 11) is 1.33. The number of esters is 2. The molecule has 0 bridgehead atoms. The maximum Gasteiger partial charge on any atom is 0.356 e. The summed E-state index contributed by atoms with van der Waals surface area (Å²) >= 11 is 0. The number of aromatic nitrogens is 2. The van der Waals surface area contributed by atoms with E-state index in [4.69, 9.17) is 9.47 Å². The molecule has 6 heteroatoms. The highest BCUT2D eigenvalue weighted by atomic mass is 16.5. The Morgan fingerprint density at radius 2 is 2.05 bits per heavy atom. The van der Waals surface area contributed by atoms with Gasteiger partial charge in [0.15, 0.2) is 6.04 Å². The van der Waals surface area contributed by atoms with Gasteiger partial charge in [-0.2, -0.15) is 5.10 Å². The second-order valence-electron chi connectivity index (χ2n) is 4.89. The highest BCUT2D eigenvalue weighted by Crippen LogP contribution is 2.20. The number of methoxy groups -OCH3 is 1. The maximum absolute atomic E-state index is 11.9. The van der Waals surface area contributed by atoms with Crippen LogP contribution in [-0.4, -0.2) is 35.4 Å². The first kappa shape index (κ1) is 16.2. The molecule has 0 aliphatic heterocycles. The first-order chi connectivity index (χ1) is 9.51. The molecule has 0 aliphatic rings. The van der Waals surface area contributed by atoms with Crippen molar-refractivity contribution in [2.75, 3.05) is 13.7 Å². The highest BCUT2D eigenvalue weighted by molar-refractivity contribution is 5.88. The fourth-order valence-electron chi connectivity index (χ4n) is 1.90. The van der Waals surface area contributed by atoms with E-state index < -0.39 is 18.0 Å². The molecular weight excluding hydrogens is 260 g/mol. The summed E-state index contributed by atoms with van der Waals surface area (Å²) in [4.78, 5) is 23.8. The minimum atomic E-state index is -0.600. The van der Waals surface area contributed by atoms with Gasteiger partial charge in [0, 0.05) is 6.20 Å². The molecule has 0 fully saturated rings. The lowest BCUT2D eigenvalue weighted by Crippen LogP contribution is -2.26. The summed E-state index contributed by atoms with van der Waals surface area (Å²) < 4.78 is 11.2. The van der Waals surface area contributed by atoms with Gasteiger partial charge >= 0.3 is 11.9 Å². The first-order valence-corrected chi connectivity index (χ1v) is 6.79. The standard InChI is InChI=1S/C14H22N2O4/c1-5-20-14(18)12-8-9-15-16(12)11(13(17)19-4)7-6-10(2)3/h8-11H,5-7H2,1-4H3. The molecule has 20 heavy (non-hydrogen) atoms. The summed E-state index contributed by atoms with van der Waals surface area (Å²) in [6, 6.07) is 0.945. The molecule has 0 N–H and O–H groups in total. The maximum atomic E-state index is 11.9. The second kappa shape index (κ2) is 7.67. The molecule has 0 spiro atoms. The molecule has 1 atom stereocenters. The number of carbonyl (C=O) groups excluding carboxylic acids is 2. The summed E-state index contributed by atoms with van der Waals surface area (Å²) in [5.74, 6) is -0.438. The van der Waals surface area contributed by atoms with E-state index in [2.05, 4.69) is 18.9 Å². The topological polar surface area (TPSA) is 70.4 Å². The Hall–Kier alpha value is -1.85. The molecule has 0 amide bonds. The van der Waals surface area contributed by atoms with Gasteiger partial charge in [0.25, 0.3) is 0 Å². The molecule has 1 aromatic heterocycles. The molecule has 6 nitrogen and oxygen atoms in total. The van der Waals surface area contributed by atoms with Crippen molar-refractivity contribution in [2.45, 2.75) is 39.7 Å². The van der Waals surface area contributed by atoms with Crippen LogP contribution in [0.4, 0.5) is 0 Å². The zero-order valence-electron chi connectivity index (χ0n) is 12.5. The van der Waals surface area contributed by atoms with Crippen molar-refractivity contribution >= 4 is 11.9 Å². The molecule has 0 radical (unpaired) electrons. The van der Waals surface area contributed by atoms with Crippen LogP contribution in [0.5, 0.6) is 0 Å². The zero-order valence-corrected chi connectivity index (χ0v) is 12.5. The van der Waals surface area contributed by atoms with Gasteiger partial charge in [-0.05, 0) is 31.7 Å². The van der Waals surface area contributed by atoms with Gasteiger partial charge in [0.05, 0.1) is 13.7 Å². The van der Waals surface area contributed by atoms with E-state index in [0.717, 1.165) is 6.42 Å². The van der Waals surface area contributed by atoms with Crippen molar-refractivity contribution < 1.29 is 19.1 Å². The van der Waals surface area contributed by atoms with Gasteiger partial charge in [-0.3, -0.25) is 0 Å². The lowest BCUT2D eigenvalue weighted by molar-refractivity contribution is -0.145. The van der Waals surface area contributed by atoms with Crippen molar-refractivity contribution in [1.29, 1.82) is 0 Å². The quantitative estimate of drug-likeness (QED) is 0.717. The molecule has 1 unspecified atom stereocenters. The normalized spacial score (nSPS) is 12.2. The molecule has 0 aromatic carbocycles. The van der Waals surface area contributed by atoms with Crippen molar-refractivity contribution in [3.63, 3.8) is 0 Å². The van der Waals surface area contributed by atoms with Crippen LogP contribution in [-0.2, 0) is 14.3 Å². The van der Waals surface area contributed by atoms with Crippen molar-refractivity contribution in [2.24, 2.45) is 5.92 Å². The third kappa shape index (κ3) is 4.08. The van der Waals surface area contributed by atoms with E-state index in [1.54, 1.807) is 13.0 Å². The van der Waals surface area contributed by atoms with Gasteiger partial charge in [-0.25, -0.2) is 14.3 Å². The van der Waals surface area contributed by atoms with E-state index in [1.807, 2.05) is 0 Å². The number of rotatable bonds is 7. The van der Waals surface area contributed by atoms with Crippen LogP contribution in [0.3, 0.4) is 0 Å². The van der Waals surface area contributed by atoms with Crippen molar-refractivity contribution in [1.82, 2.24) is 9.78 Å². The van der Waals surface area contributed by atoms with Gasteiger partial charge < -0.3 is 9.47 Å². The lowest BCUT2D eigenvalue weighted by atomic mass is 10.0. The average Bonchev–Trinajstić information content (AvgIpc) is 2.87.